The van der Waals surface area contributed by atoms with E-state index in [0.717, 1.165) is 45.6 Å². The van der Waals surface area contributed by atoms with Crippen molar-refractivity contribution in [3.63, 3.8) is 0 Å². The van der Waals surface area contributed by atoms with Crippen molar-refractivity contribution in [2.75, 3.05) is 38.7 Å². The van der Waals surface area contributed by atoms with Crippen molar-refractivity contribution in [3.05, 3.63) is 11.4 Å². The Bertz CT molecular complexity index is 756. The Labute approximate surface area is 150 Å². The van der Waals surface area contributed by atoms with E-state index < -0.39 is 11.8 Å². The molecular weight excluding hydrogens is 340 g/mol. The Hall–Kier alpha value is -2.46. The number of primary amides is 2. The lowest BCUT2D eigenvalue weighted by Gasteiger charge is -2.74. The summed E-state index contributed by atoms with van der Waals surface area (Å²) >= 11 is 0. The van der Waals surface area contributed by atoms with E-state index in [-0.39, 0.29) is 34.2 Å². The fourth-order valence-corrected chi connectivity index (χ4v) is 4.50. The predicted octanol–water partition coefficient (Wildman–Crippen LogP) is -0.898. The Morgan fingerprint density at radius 1 is 1.15 bits per heavy atom. The van der Waals surface area contributed by atoms with Crippen LogP contribution in [0.15, 0.2) is 0 Å². The summed E-state index contributed by atoms with van der Waals surface area (Å²) in [6, 6.07) is 0. The summed E-state index contributed by atoms with van der Waals surface area (Å²) in [5.41, 5.74) is 10.8. The van der Waals surface area contributed by atoms with Gasteiger partial charge >= 0.3 is 0 Å². The SMILES string of the molecule is COc1nc(C(N)=O)nc(NC23CC(N4CCOCC4)(C2)C3)c1C(N)=O. The number of hydrogen-bond acceptors (Lipinski definition) is 8. The van der Waals surface area contributed by atoms with Crippen LogP contribution in [-0.4, -0.2) is 71.2 Å². The molecule has 1 saturated heterocycles. The van der Waals surface area contributed by atoms with Gasteiger partial charge in [-0.1, -0.05) is 0 Å². The Morgan fingerprint density at radius 2 is 1.81 bits per heavy atom. The second-order valence-corrected chi connectivity index (χ2v) is 7.27. The van der Waals surface area contributed by atoms with Crippen molar-refractivity contribution in [3.8, 4) is 5.88 Å². The van der Waals surface area contributed by atoms with Gasteiger partial charge in [0.1, 0.15) is 11.4 Å². The van der Waals surface area contributed by atoms with Crippen molar-refractivity contribution in [1.29, 1.82) is 0 Å². The molecule has 26 heavy (non-hydrogen) atoms. The van der Waals surface area contributed by atoms with Crippen LogP contribution in [0.5, 0.6) is 5.88 Å². The van der Waals surface area contributed by atoms with Gasteiger partial charge in [0.05, 0.1) is 20.3 Å². The number of amides is 2. The van der Waals surface area contributed by atoms with Gasteiger partial charge in [0, 0.05) is 24.2 Å². The minimum Gasteiger partial charge on any atom is -0.480 e. The second-order valence-electron chi connectivity index (χ2n) is 7.27. The molecule has 0 aromatic carbocycles. The molecule has 4 fully saturated rings. The molecule has 140 valence electrons. The lowest BCUT2D eigenvalue weighted by Crippen LogP contribution is -2.82. The molecule has 0 atom stereocenters. The number of methoxy groups -OCH3 is 1. The quantitative estimate of drug-likeness (QED) is 0.590. The molecule has 0 radical (unpaired) electrons. The van der Waals surface area contributed by atoms with Gasteiger partial charge in [-0.25, -0.2) is 4.98 Å². The summed E-state index contributed by atoms with van der Waals surface area (Å²) in [5.74, 6) is -1.60. The maximum absolute atomic E-state index is 11.9. The summed E-state index contributed by atoms with van der Waals surface area (Å²) < 4.78 is 10.5. The first-order valence-electron chi connectivity index (χ1n) is 8.55. The Balaban J connectivity index is 1.57. The summed E-state index contributed by atoms with van der Waals surface area (Å²) in [5, 5.41) is 3.31. The molecule has 10 heteroatoms. The summed E-state index contributed by atoms with van der Waals surface area (Å²) in [6.07, 6.45) is 2.82. The number of nitrogens with two attached hydrogens (primary N) is 2. The zero-order valence-electron chi connectivity index (χ0n) is 14.6. The van der Waals surface area contributed by atoms with E-state index in [9.17, 15) is 9.59 Å². The topological polar surface area (TPSA) is 146 Å². The lowest BCUT2D eigenvalue weighted by molar-refractivity contribution is -0.172. The minimum absolute atomic E-state index is 0.0302. The van der Waals surface area contributed by atoms with E-state index in [2.05, 4.69) is 20.2 Å². The van der Waals surface area contributed by atoms with E-state index >= 15 is 0 Å². The number of hydrogen-bond donors (Lipinski definition) is 3. The number of anilines is 1. The van der Waals surface area contributed by atoms with E-state index in [0.29, 0.717) is 0 Å². The van der Waals surface area contributed by atoms with E-state index in [4.69, 9.17) is 20.9 Å². The number of nitrogens with zero attached hydrogens (tertiary/aromatic N) is 3. The lowest BCUT2D eigenvalue weighted by atomic mass is 9.43. The molecular formula is C16H22N6O4. The average Bonchev–Trinajstić information content (AvgIpc) is 2.56. The number of rotatable bonds is 6. The Morgan fingerprint density at radius 3 is 2.35 bits per heavy atom. The van der Waals surface area contributed by atoms with Crippen LogP contribution in [0.25, 0.3) is 0 Å². The summed E-state index contributed by atoms with van der Waals surface area (Å²) in [4.78, 5) is 33.8. The predicted molar refractivity (Wildman–Crippen MR) is 90.9 cm³/mol. The van der Waals surface area contributed by atoms with Crippen LogP contribution in [0.3, 0.4) is 0 Å². The summed E-state index contributed by atoms with van der Waals surface area (Å²) in [7, 11) is 1.34. The number of ether oxygens (including phenoxy) is 2. The zero-order valence-corrected chi connectivity index (χ0v) is 14.6. The van der Waals surface area contributed by atoms with Crippen molar-refractivity contribution >= 4 is 17.6 Å². The number of carbonyl (C=O) groups excluding carboxylic acids is 2. The fraction of sp³-hybridized carbons (Fsp3) is 0.625. The van der Waals surface area contributed by atoms with Crippen LogP contribution in [0.4, 0.5) is 5.82 Å². The monoisotopic (exact) mass is 362 g/mol. The van der Waals surface area contributed by atoms with Gasteiger partial charge in [0.25, 0.3) is 11.8 Å². The highest BCUT2D eigenvalue weighted by Crippen LogP contribution is 2.65. The second kappa shape index (κ2) is 5.78. The minimum atomic E-state index is -0.801. The van der Waals surface area contributed by atoms with Gasteiger partial charge in [-0.2, -0.15) is 4.98 Å². The standard InChI is InChI=1S/C16H22N6O4/c1-25-14-9(10(17)23)12(19-13(20-14)11(18)24)21-15-6-16(7-15,8-15)22-2-4-26-5-3-22/h2-8H2,1H3,(H2,17,23)(H2,18,24)(H,19,20,21). The Kier molecular flexibility index (Phi) is 3.77. The third-order valence-corrected chi connectivity index (χ3v) is 5.60. The van der Waals surface area contributed by atoms with Gasteiger partial charge in [-0.3, -0.25) is 14.5 Å². The molecule has 1 aromatic rings. The first-order valence-corrected chi connectivity index (χ1v) is 8.55. The highest BCUT2D eigenvalue weighted by Gasteiger charge is 2.70. The van der Waals surface area contributed by atoms with Gasteiger partial charge < -0.3 is 26.3 Å². The van der Waals surface area contributed by atoms with Crippen LogP contribution in [0.1, 0.15) is 40.2 Å². The van der Waals surface area contributed by atoms with Gasteiger partial charge in [-0.05, 0) is 19.3 Å². The molecule has 5 rings (SSSR count). The van der Waals surface area contributed by atoms with Gasteiger partial charge in [0.2, 0.25) is 11.7 Å². The number of carbonyl (C=O) groups is 2. The van der Waals surface area contributed by atoms with Crippen LogP contribution >= 0.6 is 0 Å². The van der Waals surface area contributed by atoms with Gasteiger partial charge in [0.15, 0.2) is 0 Å². The van der Waals surface area contributed by atoms with Crippen LogP contribution in [0, 0.1) is 0 Å². The van der Waals surface area contributed by atoms with Crippen LogP contribution in [0.2, 0.25) is 0 Å². The van der Waals surface area contributed by atoms with Gasteiger partial charge in [-0.15, -0.1) is 0 Å². The molecule has 2 bridgehead atoms. The maximum atomic E-state index is 11.9. The van der Waals surface area contributed by atoms with Crippen molar-refractivity contribution in [1.82, 2.24) is 14.9 Å². The smallest absolute Gasteiger partial charge is 0.286 e. The van der Waals surface area contributed by atoms with Crippen LogP contribution in [-0.2, 0) is 4.74 Å². The molecule has 4 aliphatic rings. The average molecular weight is 362 g/mol. The first kappa shape index (κ1) is 17.0. The van der Waals surface area contributed by atoms with E-state index in [1.165, 1.54) is 7.11 Å². The fourth-order valence-electron chi connectivity index (χ4n) is 4.50. The van der Waals surface area contributed by atoms with Crippen molar-refractivity contribution in [2.24, 2.45) is 11.5 Å². The molecule has 3 saturated carbocycles. The third kappa shape index (κ3) is 2.48. The largest absolute Gasteiger partial charge is 0.480 e. The highest BCUT2D eigenvalue weighted by molar-refractivity contribution is 6.01. The van der Waals surface area contributed by atoms with E-state index in [1.807, 2.05) is 0 Å². The van der Waals surface area contributed by atoms with Crippen LogP contribution < -0.4 is 21.5 Å². The molecule has 0 unspecified atom stereocenters. The van der Waals surface area contributed by atoms with Crippen molar-refractivity contribution < 1.29 is 19.1 Å². The molecule has 1 aromatic heterocycles. The van der Waals surface area contributed by atoms with Crippen molar-refractivity contribution in [2.45, 2.75) is 30.3 Å². The number of nitrogens with one attached hydrogen (secondary N) is 1. The third-order valence-electron chi connectivity index (χ3n) is 5.60. The molecule has 10 nitrogen and oxygen atoms in total. The first-order chi connectivity index (χ1) is 12.4. The molecule has 2 amide bonds. The molecule has 0 spiro atoms. The molecule has 3 aliphatic carbocycles. The number of aromatic nitrogens is 2. The molecule has 2 heterocycles. The zero-order chi connectivity index (χ0) is 18.5. The normalized spacial score (nSPS) is 30.0. The van der Waals surface area contributed by atoms with E-state index in [1.54, 1.807) is 0 Å². The molecule has 5 N–H and O–H groups in total. The number of morpholine rings is 1. The summed E-state index contributed by atoms with van der Waals surface area (Å²) in [6.45, 7) is 3.41. The molecule has 1 aliphatic heterocycles. The highest BCUT2D eigenvalue weighted by atomic mass is 16.5. The maximum Gasteiger partial charge on any atom is 0.286 e.